The first-order valence-corrected chi connectivity index (χ1v) is 11.9. The molecule has 0 atom stereocenters. The normalized spacial score (nSPS) is 15.6. The Hall–Kier alpha value is -3.51. The van der Waals surface area contributed by atoms with Crippen molar-refractivity contribution >= 4 is 22.2 Å². The van der Waals surface area contributed by atoms with Crippen LogP contribution in [0.3, 0.4) is 0 Å². The highest BCUT2D eigenvalue weighted by molar-refractivity contribution is 8.28. The van der Waals surface area contributed by atoms with Crippen molar-refractivity contribution in [1.82, 2.24) is 0 Å². The molecule has 0 amide bonds. The molecule has 2 N–H and O–H groups in total. The van der Waals surface area contributed by atoms with E-state index in [0.717, 1.165) is 16.7 Å². The molecule has 0 aromatic heterocycles. The summed E-state index contributed by atoms with van der Waals surface area (Å²) in [6.45, 7) is 11.1. The zero-order valence-corrected chi connectivity index (χ0v) is 19.3. The van der Waals surface area contributed by atoms with Gasteiger partial charge in [-0.3, -0.25) is 18.7 Å². The SMILES string of the molecule is C=CC1=C(C=C)S(O)(O)c2cc(-c3ccc(C(=O)c4ccccc4C)c(C)c3)ccc2C1=O. The average molecular weight is 457 g/mol. The van der Waals surface area contributed by atoms with E-state index in [1.165, 1.54) is 12.2 Å². The molecule has 33 heavy (non-hydrogen) atoms. The number of carbonyl (C=O) groups is 2. The maximum atomic E-state index is 13.1. The second kappa shape index (κ2) is 8.45. The van der Waals surface area contributed by atoms with Crippen LogP contribution in [-0.2, 0) is 0 Å². The molecule has 0 saturated carbocycles. The molecule has 1 aliphatic heterocycles. The second-order valence-electron chi connectivity index (χ2n) is 7.95. The standard InChI is InChI=1S/C28H24O4S/c1-5-21-25(6-2)33(31,32)26-16-20(12-14-24(26)27(21)29)19-11-13-23(18(4)15-19)28(30)22-10-8-7-9-17(22)3/h5-16,31-32H,1-2H2,3-4H3. The van der Waals surface area contributed by atoms with E-state index in [4.69, 9.17) is 0 Å². The van der Waals surface area contributed by atoms with Gasteiger partial charge in [0.2, 0.25) is 0 Å². The first kappa shape index (κ1) is 22.7. The molecule has 0 aliphatic carbocycles. The third-order valence-electron chi connectivity index (χ3n) is 5.93. The molecule has 0 radical (unpaired) electrons. The van der Waals surface area contributed by atoms with Crippen LogP contribution in [-0.4, -0.2) is 20.7 Å². The van der Waals surface area contributed by atoms with Gasteiger partial charge in [0.25, 0.3) is 0 Å². The number of Topliss-reactive ketones (excluding diaryl/α,β-unsaturated/α-hetero) is 1. The molecule has 3 aromatic carbocycles. The van der Waals surface area contributed by atoms with Gasteiger partial charge in [0, 0.05) is 22.3 Å². The van der Waals surface area contributed by atoms with Crippen molar-refractivity contribution in [3.63, 3.8) is 0 Å². The zero-order valence-electron chi connectivity index (χ0n) is 18.5. The Labute approximate surface area is 195 Å². The minimum absolute atomic E-state index is 0.0416. The van der Waals surface area contributed by atoms with Crippen molar-refractivity contribution in [2.24, 2.45) is 0 Å². The van der Waals surface area contributed by atoms with E-state index in [2.05, 4.69) is 13.2 Å². The van der Waals surface area contributed by atoms with E-state index < -0.39 is 10.6 Å². The van der Waals surface area contributed by atoms with Crippen molar-refractivity contribution < 1.29 is 18.7 Å². The summed E-state index contributed by atoms with van der Waals surface area (Å²) in [5, 5.41) is 0. The highest BCUT2D eigenvalue weighted by atomic mass is 32.3. The van der Waals surface area contributed by atoms with Crippen LogP contribution >= 0.6 is 10.6 Å². The highest BCUT2D eigenvalue weighted by Crippen LogP contribution is 2.61. The Balaban J connectivity index is 1.78. The van der Waals surface area contributed by atoms with E-state index in [9.17, 15) is 18.7 Å². The number of rotatable bonds is 5. The van der Waals surface area contributed by atoms with Gasteiger partial charge >= 0.3 is 0 Å². The summed E-state index contributed by atoms with van der Waals surface area (Å²) in [5.74, 6) is -0.358. The fourth-order valence-corrected chi connectivity index (χ4v) is 5.85. The van der Waals surface area contributed by atoms with Gasteiger partial charge in [0.15, 0.2) is 11.6 Å². The van der Waals surface area contributed by atoms with Crippen LogP contribution in [0.4, 0.5) is 0 Å². The van der Waals surface area contributed by atoms with Gasteiger partial charge in [0.1, 0.15) is 0 Å². The lowest BCUT2D eigenvalue weighted by Gasteiger charge is -2.39. The average Bonchev–Trinajstić information content (AvgIpc) is 2.80. The molecule has 0 saturated heterocycles. The van der Waals surface area contributed by atoms with Gasteiger partial charge < -0.3 is 0 Å². The van der Waals surface area contributed by atoms with Gasteiger partial charge in [-0.15, -0.1) is 10.6 Å². The molecule has 5 heteroatoms. The number of carbonyl (C=O) groups excluding carboxylic acids is 2. The summed E-state index contributed by atoms with van der Waals surface area (Å²) in [7, 11) is -3.41. The van der Waals surface area contributed by atoms with Crippen LogP contribution in [0.2, 0.25) is 0 Å². The molecule has 1 aliphatic rings. The van der Waals surface area contributed by atoms with Crippen LogP contribution in [0.1, 0.15) is 37.4 Å². The van der Waals surface area contributed by atoms with Gasteiger partial charge in [-0.05, 0) is 54.3 Å². The fraction of sp³-hybridized carbons (Fsp3) is 0.0714. The molecule has 0 fully saturated rings. The molecular formula is C28H24O4S. The van der Waals surface area contributed by atoms with E-state index >= 15 is 0 Å². The Morgan fingerprint density at radius 2 is 1.48 bits per heavy atom. The Bertz CT molecular complexity index is 1380. The van der Waals surface area contributed by atoms with Crippen LogP contribution in [0.5, 0.6) is 0 Å². The maximum Gasteiger partial charge on any atom is 0.196 e. The molecule has 0 unspecified atom stereocenters. The Morgan fingerprint density at radius 3 is 2.12 bits per heavy atom. The summed E-state index contributed by atoms with van der Waals surface area (Å²) in [6, 6.07) is 18.0. The first-order chi connectivity index (χ1) is 15.7. The number of benzene rings is 3. The summed E-state index contributed by atoms with van der Waals surface area (Å²) in [4.78, 5) is 26.2. The predicted molar refractivity (Wildman–Crippen MR) is 134 cm³/mol. The minimum atomic E-state index is -3.41. The molecule has 4 rings (SSSR count). The first-order valence-electron chi connectivity index (χ1n) is 10.4. The van der Waals surface area contributed by atoms with E-state index in [1.807, 2.05) is 50.2 Å². The smallest absolute Gasteiger partial charge is 0.196 e. The fourth-order valence-electron chi connectivity index (χ4n) is 4.14. The van der Waals surface area contributed by atoms with Crippen molar-refractivity contribution in [1.29, 1.82) is 0 Å². The quantitative estimate of drug-likeness (QED) is 0.400. The lowest BCUT2D eigenvalue weighted by molar-refractivity contribution is 0.102. The Morgan fingerprint density at radius 1 is 0.848 bits per heavy atom. The third-order valence-corrected chi connectivity index (χ3v) is 7.88. The molecule has 166 valence electrons. The minimum Gasteiger partial charge on any atom is -0.290 e. The topological polar surface area (TPSA) is 74.6 Å². The third kappa shape index (κ3) is 3.70. The largest absolute Gasteiger partial charge is 0.290 e. The van der Waals surface area contributed by atoms with Gasteiger partial charge in [0.05, 0.1) is 9.80 Å². The molecule has 0 spiro atoms. The number of hydrogen-bond donors (Lipinski definition) is 2. The molecule has 4 nitrogen and oxygen atoms in total. The lowest BCUT2D eigenvalue weighted by Crippen LogP contribution is -2.18. The molecule has 1 heterocycles. The highest BCUT2D eigenvalue weighted by Gasteiger charge is 2.35. The maximum absolute atomic E-state index is 13.1. The van der Waals surface area contributed by atoms with Crippen molar-refractivity contribution in [3.05, 3.63) is 124 Å². The van der Waals surface area contributed by atoms with E-state index in [1.54, 1.807) is 24.3 Å². The monoisotopic (exact) mass is 456 g/mol. The number of aryl methyl sites for hydroxylation is 2. The summed E-state index contributed by atoms with van der Waals surface area (Å²) < 4.78 is 21.9. The van der Waals surface area contributed by atoms with E-state index in [0.29, 0.717) is 16.7 Å². The number of hydrogen-bond acceptors (Lipinski definition) is 4. The van der Waals surface area contributed by atoms with Crippen LogP contribution in [0.15, 0.2) is 101 Å². The van der Waals surface area contributed by atoms with Crippen molar-refractivity contribution in [3.8, 4) is 11.1 Å². The van der Waals surface area contributed by atoms with Gasteiger partial charge in [-0.1, -0.05) is 67.8 Å². The summed E-state index contributed by atoms with van der Waals surface area (Å²) in [5.41, 5.74) is 4.90. The summed E-state index contributed by atoms with van der Waals surface area (Å²) in [6.07, 6.45) is 2.63. The van der Waals surface area contributed by atoms with Crippen LogP contribution in [0.25, 0.3) is 11.1 Å². The van der Waals surface area contributed by atoms with Gasteiger partial charge in [-0.2, -0.15) is 0 Å². The van der Waals surface area contributed by atoms with E-state index in [-0.39, 0.29) is 32.5 Å². The summed E-state index contributed by atoms with van der Waals surface area (Å²) >= 11 is 0. The lowest BCUT2D eigenvalue weighted by atomic mass is 9.92. The van der Waals surface area contributed by atoms with Crippen LogP contribution < -0.4 is 0 Å². The predicted octanol–water partition coefficient (Wildman–Crippen LogP) is 7.13. The van der Waals surface area contributed by atoms with Gasteiger partial charge in [-0.25, -0.2) is 0 Å². The molecule has 3 aromatic rings. The van der Waals surface area contributed by atoms with Crippen LogP contribution in [0, 0.1) is 13.8 Å². The molecular weight excluding hydrogens is 432 g/mol. The molecule has 0 bridgehead atoms. The number of fused-ring (bicyclic) bond motifs is 1. The van der Waals surface area contributed by atoms with Crippen molar-refractivity contribution in [2.75, 3.05) is 0 Å². The Kier molecular flexibility index (Phi) is 5.80. The zero-order chi connectivity index (χ0) is 23.9. The number of allylic oxidation sites excluding steroid dienone is 3. The second-order valence-corrected chi connectivity index (χ2v) is 9.93. The number of ketones is 2. The van der Waals surface area contributed by atoms with Crippen molar-refractivity contribution in [2.45, 2.75) is 18.7 Å².